The number of benzene rings is 1. The fourth-order valence-corrected chi connectivity index (χ4v) is 3.67. The molecule has 0 saturated heterocycles. The monoisotopic (exact) mass is 406 g/mol. The number of tetrazole rings is 1. The van der Waals surface area contributed by atoms with E-state index in [-0.39, 0.29) is 11.7 Å². The number of aromatic amines is 1. The van der Waals surface area contributed by atoms with Gasteiger partial charge >= 0.3 is 0 Å². The van der Waals surface area contributed by atoms with Gasteiger partial charge in [0.1, 0.15) is 0 Å². The summed E-state index contributed by atoms with van der Waals surface area (Å²) in [7, 11) is 0. The molecule has 3 rings (SSSR count). The first-order chi connectivity index (χ1) is 14.7. The Bertz CT molecular complexity index is 900. The van der Waals surface area contributed by atoms with Crippen molar-refractivity contribution in [3.05, 3.63) is 77.2 Å². The van der Waals surface area contributed by atoms with E-state index in [0.29, 0.717) is 12.8 Å². The number of H-pyrrole nitrogens is 1. The fraction of sp³-hybridized carbons (Fsp3) is 0.417. The van der Waals surface area contributed by atoms with Gasteiger partial charge in [-0.25, -0.2) is 0 Å². The molecule has 6 nitrogen and oxygen atoms in total. The van der Waals surface area contributed by atoms with Gasteiger partial charge in [0.05, 0.1) is 6.10 Å². The average Bonchev–Trinajstić information content (AvgIpc) is 3.39. The number of aryl methyl sites for hydroxylation is 2. The van der Waals surface area contributed by atoms with E-state index in [2.05, 4.69) is 51.8 Å². The lowest BCUT2D eigenvalue weighted by atomic mass is 9.95. The van der Waals surface area contributed by atoms with Gasteiger partial charge in [0.15, 0.2) is 11.6 Å². The van der Waals surface area contributed by atoms with E-state index in [1.54, 1.807) is 6.08 Å². The minimum absolute atomic E-state index is 0.0608. The Labute approximate surface area is 177 Å². The zero-order chi connectivity index (χ0) is 21.2. The minimum atomic E-state index is -0.487. The van der Waals surface area contributed by atoms with E-state index in [0.717, 1.165) is 49.1 Å². The van der Waals surface area contributed by atoms with Crippen LogP contribution in [0.25, 0.3) is 0 Å². The lowest BCUT2D eigenvalue weighted by Gasteiger charge is -2.12. The van der Waals surface area contributed by atoms with Gasteiger partial charge in [-0.3, -0.25) is 4.79 Å². The number of hydrogen-bond acceptors (Lipinski definition) is 5. The molecule has 2 aromatic rings. The number of unbranched alkanes of at least 4 members (excludes halogenated alkanes) is 1. The van der Waals surface area contributed by atoms with Gasteiger partial charge in [-0.1, -0.05) is 60.7 Å². The molecule has 1 aliphatic carbocycles. The third-order valence-electron chi connectivity index (χ3n) is 5.36. The average molecular weight is 407 g/mol. The molecule has 1 aliphatic rings. The topological polar surface area (TPSA) is 91.8 Å². The molecule has 1 aromatic carbocycles. The van der Waals surface area contributed by atoms with Gasteiger partial charge in [0.2, 0.25) is 0 Å². The summed E-state index contributed by atoms with van der Waals surface area (Å²) in [5, 5.41) is 24.3. The molecule has 1 aromatic heterocycles. The SMILES string of the molecule is CCc1cccc(C[C@H](O)C/C=C2/C(=O)C=C[C@@H]2C/C=C\CCCc2nn[nH]n2)c1. The van der Waals surface area contributed by atoms with Crippen LogP contribution in [0.5, 0.6) is 0 Å². The van der Waals surface area contributed by atoms with Crippen LogP contribution in [0.4, 0.5) is 0 Å². The normalized spacial score (nSPS) is 18.7. The second kappa shape index (κ2) is 11.4. The Balaban J connectivity index is 1.45. The first-order valence-corrected chi connectivity index (χ1v) is 10.7. The zero-order valence-electron chi connectivity index (χ0n) is 17.5. The summed E-state index contributed by atoms with van der Waals surface area (Å²) in [6.07, 6.45) is 14.9. The molecular formula is C24H30N4O2. The van der Waals surface area contributed by atoms with Crippen molar-refractivity contribution in [2.75, 3.05) is 0 Å². The molecule has 0 bridgehead atoms. The second-order valence-electron chi connectivity index (χ2n) is 7.68. The Morgan fingerprint density at radius 3 is 2.93 bits per heavy atom. The van der Waals surface area contributed by atoms with E-state index in [1.807, 2.05) is 24.3 Å². The van der Waals surface area contributed by atoms with Crippen molar-refractivity contribution in [1.82, 2.24) is 20.6 Å². The molecule has 0 aliphatic heterocycles. The van der Waals surface area contributed by atoms with Crippen LogP contribution < -0.4 is 0 Å². The maximum absolute atomic E-state index is 12.2. The number of carbonyl (C=O) groups is 1. The van der Waals surface area contributed by atoms with Crippen molar-refractivity contribution >= 4 is 5.78 Å². The number of ketones is 1. The number of carbonyl (C=O) groups excluding carboxylic acids is 1. The Hall–Kier alpha value is -2.86. The Kier molecular flexibility index (Phi) is 8.27. The molecular weight excluding hydrogens is 376 g/mol. The van der Waals surface area contributed by atoms with E-state index in [9.17, 15) is 9.90 Å². The van der Waals surface area contributed by atoms with Crippen molar-refractivity contribution in [3.8, 4) is 0 Å². The molecule has 0 radical (unpaired) electrons. The first-order valence-electron chi connectivity index (χ1n) is 10.7. The molecule has 0 fully saturated rings. The molecule has 1 heterocycles. The van der Waals surface area contributed by atoms with Crippen molar-refractivity contribution in [3.63, 3.8) is 0 Å². The molecule has 0 amide bonds. The summed E-state index contributed by atoms with van der Waals surface area (Å²) in [6.45, 7) is 2.13. The number of allylic oxidation sites excluding steroid dienone is 5. The summed E-state index contributed by atoms with van der Waals surface area (Å²) in [5.74, 6) is 0.894. The molecule has 6 heteroatoms. The van der Waals surface area contributed by atoms with Crippen LogP contribution in [0.3, 0.4) is 0 Å². The Morgan fingerprint density at radius 2 is 2.13 bits per heavy atom. The van der Waals surface area contributed by atoms with Crippen molar-refractivity contribution in [2.45, 2.75) is 58.0 Å². The fourth-order valence-electron chi connectivity index (χ4n) is 3.67. The smallest absolute Gasteiger partial charge is 0.181 e. The van der Waals surface area contributed by atoms with E-state index in [4.69, 9.17) is 0 Å². The number of aliphatic hydroxyl groups excluding tert-OH is 1. The number of rotatable bonds is 11. The van der Waals surface area contributed by atoms with Crippen LogP contribution in [-0.4, -0.2) is 37.6 Å². The maximum atomic E-state index is 12.2. The molecule has 0 saturated carbocycles. The summed E-state index contributed by atoms with van der Waals surface area (Å²) in [4.78, 5) is 12.2. The van der Waals surface area contributed by atoms with Crippen LogP contribution in [0.2, 0.25) is 0 Å². The summed E-state index contributed by atoms with van der Waals surface area (Å²) in [5.41, 5.74) is 3.21. The second-order valence-corrected chi connectivity index (χ2v) is 7.68. The largest absolute Gasteiger partial charge is 0.392 e. The molecule has 30 heavy (non-hydrogen) atoms. The van der Waals surface area contributed by atoms with E-state index < -0.39 is 6.10 Å². The third-order valence-corrected chi connectivity index (χ3v) is 5.36. The first kappa shape index (κ1) is 21.8. The summed E-state index contributed by atoms with van der Waals surface area (Å²) < 4.78 is 0. The molecule has 0 spiro atoms. The van der Waals surface area contributed by atoms with Gasteiger partial charge in [-0.2, -0.15) is 5.21 Å². The molecule has 2 N–H and O–H groups in total. The summed E-state index contributed by atoms with van der Waals surface area (Å²) >= 11 is 0. The van der Waals surface area contributed by atoms with Crippen molar-refractivity contribution in [2.24, 2.45) is 5.92 Å². The van der Waals surface area contributed by atoms with Gasteiger partial charge in [0, 0.05) is 17.9 Å². The van der Waals surface area contributed by atoms with Crippen LogP contribution in [0.1, 0.15) is 49.6 Å². The highest BCUT2D eigenvalue weighted by Crippen LogP contribution is 2.26. The lowest BCUT2D eigenvalue weighted by molar-refractivity contribution is -0.111. The standard InChI is InChI=1S/C24H30N4O2/c1-2-18-8-7-9-19(16-18)17-21(29)13-14-22-20(12-15-23(22)30)10-5-3-4-6-11-24-25-27-28-26-24/h3,5,7-9,12,14-16,20-21,29H,2,4,6,10-11,13,17H2,1H3,(H,25,26,27,28)/b5-3-,22-14+/t20-,21+/m0/s1. The highest BCUT2D eigenvalue weighted by Gasteiger charge is 2.22. The van der Waals surface area contributed by atoms with Gasteiger partial charge in [0.25, 0.3) is 0 Å². The molecule has 0 unspecified atom stereocenters. The zero-order valence-corrected chi connectivity index (χ0v) is 17.5. The van der Waals surface area contributed by atoms with Crippen LogP contribution in [0.15, 0.2) is 60.2 Å². The number of aliphatic hydroxyl groups is 1. The van der Waals surface area contributed by atoms with Crippen LogP contribution in [0, 0.1) is 5.92 Å². The predicted octanol–water partition coefficient (Wildman–Crippen LogP) is 3.71. The predicted molar refractivity (Wildman–Crippen MR) is 117 cm³/mol. The minimum Gasteiger partial charge on any atom is -0.392 e. The highest BCUT2D eigenvalue weighted by atomic mass is 16.3. The van der Waals surface area contributed by atoms with Crippen LogP contribution >= 0.6 is 0 Å². The lowest BCUT2D eigenvalue weighted by Crippen LogP contribution is -2.11. The van der Waals surface area contributed by atoms with Crippen LogP contribution in [-0.2, 0) is 24.1 Å². The van der Waals surface area contributed by atoms with Gasteiger partial charge in [-0.05, 0) is 55.7 Å². The number of nitrogens with one attached hydrogen (secondary N) is 1. The van der Waals surface area contributed by atoms with Crippen molar-refractivity contribution < 1.29 is 9.90 Å². The number of aromatic nitrogens is 4. The van der Waals surface area contributed by atoms with Gasteiger partial charge < -0.3 is 5.11 Å². The number of hydrogen-bond donors (Lipinski definition) is 2. The van der Waals surface area contributed by atoms with E-state index >= 15 is 0 Å². The third kappa shape index (κ3) is 6.59. The Morgan fingerprint density at radius 1 is 1.27 bits per heavy atom. The van der Waals surface area contributed by atoms with Crippen molar-refractivity contribution in [1.29, 1.82) is 0 Å². The maximum Gasteiger partial charge on any atom is 0.181 e. The molecule has 158 valence electrons. The quantitative estimate of drug-likeness (QED) is 0.337. The van der Waals surface area contributed by atoms with Gasteiger partial charge in [-0.15, -0.1) is 10.2 Å². The number of nitrogens with zero attached hydrogens (tertiary/aromatic N) is 3. The molecule has 2 atom stereocenters. The van der Waals surface area contributed by atoms with E-state index in [1.165, 1.54) is 5.56 Å². The summed E-state index contributed by atoms with van der Waals surface area (Å²) in [6, 6.07) is 8.33. The highest BCUT2D eigenvalue weighted by molar-refractivity contribution is 6.07.